The summed E-state index contributed by atoms with van der Waals surface area (Å²) >= 11 is 0. The molecule has 0 unspecified atom stereocenters. The first-order chi connectivity index (χ1) is 7.86. The molecule has 16 heavy (non-hydrogen) atoms. The molecule has 1 aliphatic carbocycles. The summed E-state index contributed by atoms with van der Waals surface area (Å²) in [5.74, 6) is 0.885. The summed E-state index contributed by atoms with van der Waals surface area (Å²) in [5, 5.41) is 0. The van der Waals surface area contributed by atoms with Crippen LogP contribution in [-0.2, 0) is 4.79 Å². The minimum absolute atomic E-state index is 0.128. The number of hydrogen-bond acceptors (Lipinski definition) is 2. The second kappa shape index (κ2) is 5.50. The molecule has 0 saturated carbocycles. The molecular formula is C14H16O2. The average Bonchev–Trinajstić information content (AvgIpc) is 2.38. The fourth-order valence-corrected chi connectivity index (χ4v) is 1.85. The normalized spacial score (nSPS) is 15.4. The van der Waals surface area contributed by atoms with E-state index in [1.807, 2.05) is 30.3 Å². The number of carbonyl (C=O) groups excluding carboxylic acids is 1. The van der Waals surface area contributed by atoms with E-state index in [9.17, 15) is 4.79 Å². The van der Waals surface area contributed by atoms with Crippen molar-refractivity contribution in [3.63, 3.8) is 0 Å². The average molecular weight is 216 g/mol. The lowest BCUT2D eigenvalue weighted by molar-refractivity contribution is -0.117. The molecule has 0 spiro atoms. The maximum atomic E-state index is 11.8. The highest BCUT2D eigenvalue weighted by Gasteiger charge is 2.12. The van der Waals surface area contributed by atoms with Gasteiger partial charge in [-0.25, -0.2) is 0 Å². The van der Waals surface area contributed by atoms with Gasteiger partial charge in [-0.2, -0.15) is 0 Å². The Morgan fingerprint density at radius 1 is 1.19 bits per heavy atom. The van der Waals surface area contributed by atoms with E-state index in [-0.39, 0.29) is 12.4 Å². The highest BCUT2D eigenvalue weighted by atomic mass is 16.5. The van der Waals surface area contributed by atoms with Gasteiger partial charge in [-0.1, -0.05) is 24.3 Å². The second-order valence-electron chi connectivity index (χ2n) is 4.00. The van der Waals surface area contributed by atoms with Crippen LogP contribution in [-0.4, -0.2) is 12.4 Å². The summed E-state index contributed by atoms with van der Waals surface area (Å²) in [5.41, 5.74) is 0.946. The molecule has 0 aromatic heterocycles. The van der Waals surface area contributed by atoms with Gasteiger partial charge in [0.1, 0.15) is 5.75 Å². The fourth-order valence-electron chi connectivity index (χ4n) is 1.85. The number of rotatable bonds is 4. The Kier molecular flexibility index (Phi) is 3.76. The lowest BCUT2D eigenvalue weighted by atomic mass is 9.97. The predicted octanol–water partition coefficient (Wildman–Crippen LogP) is 3.13. The van der Waals surface area contributed by atoms with Crippen LogP contribution >= 0.6 is 0 Å². The van der Waals surface area contributed by atoms with Crippen molar-refractivity contribution in [2.75, 3.05) is 6.61 Å². The molecule has 84 valence electrons. The van der Waals surface area contributed by atoms with Gasteiger partial charge >= 0.3 is 0 Å². The molecule has 0 bridgehead atoms. The largest absolute Gasteiger partial charge is 0.485 e. The van der Waals surface area contributed by atoms with Crippen LogP contribution in [0, 0.1) is 0 Å². The number of carbonyl (C=O) groups is 1. The van der Waals surface area contributed by atoms with E-state index in [1.54, 1.807) is 0 Å². The van der Waals surface area contributed by atoms with Crippen molar-refractivity contribution in [2.24, 2.45) is 0 Å². The van der Waals surface area contributed by atoms with Crippen LogP contribution in [0.2, 0.25) is 0 Å². The first kappa shape index (κ1) is 10.9. The van der Waals surface area contributed by atoms with Gasteiger partial charge in [0, 0.05) is 0 Å². The zero-order valence-electron chi connectivity index (χ0n) is 9.32. The molecule has 2 nitrogen and oxygen atoms in total. The van der Waals surface area contributed by atoms with Crippen LogP contribution in [0.3, 0.4) is 0 Å². The third kappa shape index (κ3) is 2.96. The highest BCUT2D eigenvalue weighted by molar-refractivity contribution is 5.96. The molecule has 0 N–H and O–H groups in total. The van der Waals surface area contributed by atoms with Gasteiger partial charge in [0.25, 0.3) is 0 Å². The van der Waals surface area contributed by atoms with Crippen molar-refractivity contribution in [1.29, 1.82) is 0 Å². The number of hydrogen-bond donors (Lipinski definition) is 0. The van der Waals surface area contributed by atoms with Crippen LogP contribution in [0.5, 0.6) is 5.75 Å². The van der Waals surface area contributed by atoms with Crippen molar-refractivity contribution in [2.45, 2.75) is 25.7 Å². The van der Waals surface area contributed by atoms with E-state index < -0.39 is 0 Å². The summed E-state index contributed by atoms with van der Waals surface area (Å²) in [6.07, 6.45) is 6.34. The number of para-hydroxylation sites is 1. The van der Waals surface area contributed by atoms with Crippen LogP contribution < -0.4 is 4.74 Å². The Morgan fingerprint density at radius 3 is 2.69 bits per heavy atom. The molecule has 2 rings (SSSR count). The molecular weight excluding hydrogens is 200 g/mol. The van der Waals surface area contributed by atoms with E-state index in [1.165, 1.54) is 6.42 Å². The number of Topliss-reactive ketones (excluding diaryl/α,β-unsaturated/α-hetero) is 1. The third-order valence-corrected chi connectivity index (χ3v) is 2.76. The quantitative estimate of drug-likeness (QED) is 0.773. The Morgan fingerprint density at radius 2 is 2.00 bits per heavy atom. The van der Waals surface area contributed by atoms with E-state index in [4.69, 9.17) is 4.74 Å². The summed E-state index contributed by atoms with van der Waals surface area (Å²) in [6.45, 7) is 0.163. The number of ether oxygens (including phenoxy) is 1. The second-order valence-corrected chi connectivity index (χ2v) is 4.00. The lowest BCUT2D eigenvalue weighted by Crippen LogP contribution is -2.15. The summed E-state index contributed by atoms with van der Waals surface area (Å²) in [6, 6.07) is 9.46. The van der Waals surface area contributed by atoms with Crippen LogP contribution in [0.15, 0.2) is 42.0 Å². The van der Waals surface area contributed by atoms with Crippen LogP contribution in [0.1, 0.15) is 25.7 Å². The van der Waals surface area contributed by atoms with Gasteiger partial charge < -0.3 is 4.74 Å². The van der Waals surface area contributed by atoms with Crippen molar-refractivity contribution in [3.8, 4) is 5.75 Å². The minimum atomic E-state index is 0.128. The van der Waals surface area contributed by atoms with Gasteiger partial charge in [-0.3, -0.25) is 4.79 Å². The van der Waals surface area contributed by atoms with Gasteiger partial charge in [0.15, 0.2) is 12.4 Å². The van der Waals surface area contributed by atoms with Gasteiger partial charge in [0.05, 0.1) is 0 Å². The Hall–Kier alpha value is -1.57. The standard InChI is InChI=1S/C14H16O2/c15-14(12-7-3-1-4-8-12)11-16-13-9-5-2-6-10-13/h2,5-7,9-10H,1,3-4,8,11H2. The first-order valence-electron chi connectivity index (χ1n) is 5.76. The minimum Gasteiger partial charge on any atom is -0.485 e. The van der Waals surface area contributed by atoms with Gasteiger partial charge in [-0.05, 0) is 43.4 Å². The molecule has 1 aromatic carbocycles. The molecule has 0 heterocycles. The molecule has 0 atom stereocenters. The molecule has 1 aliphatic rings. The number of ketones is 1. The SMILES string of the molecule is O=C(COc1ccccc1)C1=CCCCC1. The lowest BCUT2D eigenvalue weighted by Gasteiger charge is -2.12. The predicted molar refractivity (Wildman–Crippen MR) is 63.5 cm³/mol. The van der Waals surface area contributed by atoms with Crippen LogP contribution in [0.25, 0.3) is 0 Å². The molecule has 0 aliphatic heterocycles. The highest BCUT2D eigenvalue weighted by Crippen LogP contribution is 2.18. The molecule has 0 amide bonds. The zero-order valence-corrected chi connectivity index (χ0v) is 9.32. The maximum absolute atomic E-state index is 11.8. The number of allylic oxidation sites excluding steroid dienone is 1. The van der Waals surface area contributed by atoms with E-state index in [0.29, 0.717) is 0 Å². The maximum Gasteiger partial charge on any atom is 0.195 e. The summed E-state index contributed by atoms with van der Waals surface area (Å²) < 4.78 is 5.43. The third-order valence-electron chi connectivity index (χ3n) is 2.76. The topological polar surface area (TPSA) is 26.3 Å². The van der Waals surface area contributed by atoms with Crippen molar-refractivity contribution >= 4 is 5.78 Å². The fraction of sp³-hybridized carbons (Fsp3) is 0.357. The van der Waals surface area contributed by atoms with E-state index in [2.05, 4.69) is 6.08 Å². The number of benzene rings is 1. The van der Waals surface area contributed by atoms with E-state index in [0.717, 1.165) is 30.6 Å². The monoisotopic (exact) mass is 216 g/mol. The molecule has 1 aromatic rings. The van der Waals surface area contributed by atoms with E-state index >= 15 is 0 Å². The van der Waals surface area contributed by atoms with Gasteiger partial charge in [-0.15, -0.1) is 0 Å². The van der Waals surface area contributed by atoms with Crippen molar-refractivity contribution in [1.82, 2.24) is 0 Å². The summed E-state index contributed by atoms with van der Waals surface area (Å²) in [7, 11) is 0. The Bertz CT molecular complexity index is 379. The van der Waals surface area contributed by atoms with Gasteiger partial charge in [0.2, 0.25) is 0 Å². The Balaban J connectivity index is 1.86. The van der Waals surface area contributed by atoms with Crippen molar-refractivity contribution < 1.29 is 9.53 Å². The zero-order chi connectivity index (χ0) is 11.2. The molecule has 0 radical (unpaired) electrons. The molecule has 0 fully saturated rings. The smallest absolute Gasteiger partial charge is 0.195 e. The molecule has 0 saturated heterocycles. The first-order valence-corrected chi connectivity index (χ1v) is 5.76. The van der Waals surface area contributed by atoms with Crippen LogP contribution in [0.4, 0.5) is 0 Å². The molecule has 2 heteroatoms. The summed E-state index contributed by atoms with van der Waals surface area (Å²) in [4.78, 5) is 11.8. The van der Waals surface area contributed by atoms with Crippen molar-refractivity contribution in [3.05, 3.63) is 42.0 Å². The Labute approximate surface area is 95.9 Å².